The topological polar surface area (TPSA) is 61.4 Å². The van der Waals surface area contributed by atoms with Gasteiger partial charge in [0, 0.05) is 12.2 Å². The van der Waals surface area contributed by atoms with Gasteiger partial charge in [-0.1, -0.05) is 17.7 Å². The number of amides is 2. The van der Waals surface area contributed by atoms with Gasteiger partial charge in [0.2, 0.25) is 0 Å². The van der Waals surface area contributed by atoms with Crippen molar-refractivity contribution < 1.29 is 9.90 Å². The van der Waals surface area contributed by atoms with Gasteiger partial charge >= 0.3 is 6.03 Å². The van der Waals surface area contributed by atoms with Crippen LogP contribution in [0.4, 0.5) is 10.5 Å². The van der Waals surface area contributed by atoms with Gasteiger partial charge in [0.15, 0.2) is 0 Å². The molecule has 1 aliphatic carbocycles. The normalized spacial score (nSPS) is 16.4. The first-order chi connectivity index (χ1) is 8.15. The first-order valence-electron chi connectivity index (χ1n) is 5.95. The van der Waals surface area contributed by atoms with E-state index in [1.807, 2.05) is 31.2 Å². The number of aliphatic hydroxyl groups is 1. The molecule has 0 aliphatic heterocycles. The molecule has 3 N–H and O–H groups in total. The fraction of sp³-hybridized carbons (Fsp3) is 0.462. The van der Waals surface area contributed by atoms with Crippen molar-refractivity contribution in [2.24, 2.45) is 5.92 Å². The fourth-order valence-corrected chi connectivity index (χ4v) is 1.66. The molecule has 4 heteroatoms. The molecule has 0 bridgehead atoms. The summed E-state index contributed by atoms with van der Waals surface area (Å²) >= 11 is 0. The number of hydrogen-bond donors (Lipinski definition) is 3. The van der Waals surface area contributed by atoms with Crippen molar-refractivity contribution in [3.63, 3.8) is 0 Å². The maximum absolute atomic E-state index is 11.5. The number of benzene rings is 1. The maximum Gasteiger partial charge on any atom is 0.319 e. The van der Waals surface area contributed by atoms with E-state index < -0.39 is 6.10 Å². The molecule has 1 unspecified atom stereocenters. The molecule has 0 aromatic heterocycles. The third-order valence-corrected chi connectivity index (χ3v) is 2.95. The Morgan fingerprint density at radius 2 is 2.06 bits per heavy atom. The Labute approximate surface area is 101 Å². The zero-order valence-corrected chi connectivity index (χ0v) is 9.94. The highest BCUT2D eigenvalue weighted by Gasteiger charge is 2.29. The SMILES string of the molecule is Cc1ccc(NC(=O)NCC(O)C2CC2)cc1. The average molecular weight is 234 g/mol. The van der Waals surface area contributed by atoms with E-state index in [2.05, 4.69) is 10.6 Å². The molecular formula is C13H18N2O2. The highest BCUT2D eigenvalue weighted by atomic mass is 16.3. The zero-order valence-electron chi connectivity index (χ0n) is 9.94. The quantitative estimate of drug-likeness (QED) is 0.745. The Morgan fingerprint density at radius 3 is 2.65 bits per heavy atom. The summed E-state index contributed by atoms with van der Waals surface area (Å²) < 4.78 is 0. The highest BCUT2D eigenvalue weighted by molar-refractivity contribution is 5.89. The van der Waals surface area contributed by atoms with E-state index in [-0.39, 0.29) is 6.03 Å². The van der Waals surface area contributed by atoms with Gasteiger partial charge in [0.1, 0.15) is 0 Å². The summed E-state index contributed by atoms with van der Waals surface area (Å²) in [5.74, 6) is 0.384. The second-order valence-corrected chi connectivity index (χ2v) is 4.61. The second kappa shape index (κ2) is 5.19. The Kier molecular flexibility index (Phi) is 3.64. The Bertz CT molecular complexity index is 385. The number of carbonyl (C=O) groups excluding carboxylic acids is 1. The number of anilines is 1. The first-order valence-corrected chi connectivity index (χ1v) is 5.95. The van der Waals surface area contributed by atoms with E-state index in [1.165, 1.54) is 0 Å². The number of aryl methyl sites for hydroxylation is 1. The van der Waals surface area contributed by atoms with Crippen molar-refractivity contribution >= 4 is 11.7 Å². The lowest BCUT2D eigenvalue weighted by Gasteiger charge is -2.11. The number of aliphatic hydroxyl groups excluding tert-OH is 1. The van der Waals surface area contributed by atoms with Gasteiger partial charge in [-0.3, -0.25) is 0 Å². The third kappa shape index (κ3) is 3.75. The van der Waals surface area contributed by atoms with Crippen LogP contribution in [0, 0.1) is 12.8 Å². The molecule has 2 amide bonds. The number of rotatable bonds is 4. The van der Waals surface area contributed by atoms with E-state index in [1.54, 1.807) is 0 Å². The van der Waals surface area contributed by atoms with E-state index in [9.17, 15) is 9.90 Å². The molecule has 1 fully saturated rings. The standard InChI is InChI=1S/C13H18N2O2/c1-9-2-6-11(7-3-9)15-13(17)14-8-12(16)10-4-5-10/h2-3,6-7,10,12,16H,4-5,8H2,1H3,(H2,14,15,17). The monoisotopic (exact) mass is 234 g/mol. The molecular weight excluding hydrogens is 216 g/mol. The number of hydrogen-bond acceptors (Lipinski definition) is 2. The largest absolute Gasteiger partial charge is 0.391 e. The smallest absolute Gasteiger partial charge is 0.319 e. The highest BCUT2D eigenvalue weighted by Crippen LogP contribution is 2.32. The molecule has 1 aliphatic rings. The van der Waals surface area contributed by atoms with Crippen molar-refractivity contribution in [3.05, 3.63) is 29.8 Å². The lowest BCUT2D eigenvalue weighted by molar-refractivity contribution is 0.150. The van der Waals surface area contributed by atoms with Crippen LogP contribution in [0.3, 0.4) is 0 Å². The van der Waals surface area contributed by atoms with Gasteiger partial charge in [0.05, 0.1) is 6.10 Å². The molecule has 4 nitrogen and oxygen atoms in total. The molecule has 1 aromatic rings. The molecule has 0 heterocycles. The summed E-state index contributed by atoms with van der Waals surface area (Å²) in [6.07, 6.45) is 1.74. The molecule has 1 atom stereocenters. The van der Waals surface area contributed by atoms with Gasteiger partial charge in [-0.25, -0.2) is 4.79 Å². The van der Waals surface area contributed by atoms with E-state index in [0.29, 0.717) is 12.5 Å². The van der Waals surface area contributed by atoms with Gasteiger partial charge < -0.3 is 15.7 Å². The molecule has 1 saturated carbocycles. The molecule has 1 aromatic carbocycles. The first kappa shape index (κ1) is 11.9. The lowest BCUT2D eigenvalue weighted by atomic mass is 10.2. The van der Waals surface area contributed by atoms with Crippen LogP contribution in [0.5, 0.6) is 0 Å². The Morgan fingerprint density at radius 1 is 1.41 bits per heavy atom. The van der Waals surface area contributed by atoms with Crippen LogP contribution in [-0.4, -0.2) is 23.8 Å². The minimum Gasteiger partial charge on any atom is -0.391 e. The predicted octanol–water partition coefficient (Wildman–Crippen LogP) is 1.89. The van der Waals surface area contributed by atoms with E-state index >= 15 is 0 Å². The summed E-state index contributed by atoms with van der Waals surface area (Å²) in [4.78, 5) is 11.5. The molecule has 2 rings (SSSR count). The number of nitrogens with one attached hydrogen (secondary N) is 2. The van der Waals surface area contributed by atoms with Crippen LogP contribution >= 0.6 is 0 Å². The molecule has 0 spiro atoms. The Hall–Kier alpha value is -1.55. The van der Waals surface area contributed by atoms with Crippen molar-refractivity contribution in [1.29, 1.82) is 0 Å². The average Bonchev–Trinajstić information content (AvgIpc) is 3.13. The zero-order chi connectivity index (χ0) is 12.3. The van der Waals surface area contributed by atoms with Gasteiger partial charge in [0.25, 0.3) is 0 Å². The van der Waals surface area contributed by atoms with Crippen molar-refractivity contribution in [2.45, 2.75) is 25.9 Å². The van der Waals surface area contributed by atoms with Crippen LogP contribution in [0.2, 0.25) is 0 Å². The second-order valence-electron chi connectivity index (χ2n) is 4.61. The molecule has 0 radical (unpaired) electrons. The molecule has 17 heavy (non-hydrogen) atoms. The van der Waals surface area contributed by atoms with Crippen LogP contribution in [0.15, 0.2) is 24.3 Å². The van der Waals surface area contributed by atoms with Crippen molar-refractivity contribution in [3.8, 4) is 0 Å². The number of urea groups is 1. The summed E-state index contributed by atoms with van der Waals surface area (Å²) in [7, 11) is 0. The summed E-state index contributed by atoms with van der Waals surface area (Å²) in [5, 5.41) is 15.0. The van der Waals surface area contributed by atoms with Crippen molar-refractivity contribution in [2.75, 3.05) is 11.9 Å². The Balaban J connectivity index is 1.74. The maximum atomic E-state index is 11.5. The molecule has 92 valence electrons. The fourth-order valence-electron chi connectivity index (χ4n) is 1.66. The lowest BCUT2D eigenvalue weighted by Crippen LogP contribution is -2.36. The van der Waals surface area contributed by atoms with Gasteiger partial charge in [-0.15, -0.1) is 0 Å². The third-order valence-electron chi connectivity index (χ3n) is 2.95. The summed E-state index contributed by atoms with van der Waals surface area (Å²) in [6, 6.07) is 7.32. The van der Waals surface area contributed by atoms with Crippen LogP contribution in [0.25, 0.3) is 0 Å². The van der Waals surface area contributed by atoms with Crippen LogP contribution < -0.4 is 10.6 Å². The van der Waals surface area contributed by atoms with Gasteiger partial charge in [-0.05, 0) is 37.8 Å². The van der Waals surface area contributed by atoms with Gasteiger partial charge in [-0.2, -0.15) is 0 Å². The van der Waals surface area contributed by atoms with E-state index in [4.69, 9.17) is 0 Å². The van der Waals surface area contributed by atoms with Crippen molar-refractivity contribution in [1.82, 2.24) is 5.32 Å². The summed E-state index contributed by atoms with van der Waals surface area (Å²) in [5.41, 5.74) is 1.91. The van der Waals surface area contributed by atoms with Crippen LogP contribution in [-0.2, 0) is 0 Å². The van der Waals surface area contributed by atoms with Crippen LogP contribution in [0.1, 0.15) is 18.4 Å². The minimum absolute atomic E-state index is 0.270. The summed E-state index contributed by atoms with van der Waals surface area (Å²) in [6.45, 7) is 2.32. The predicted molar refractivity (Wildman–Crippen MR) is 66.9 cm³/mol. The van der Waals surface area contributed by atoms with E-state index in [0.717, 1.165) is 24.1 Å². The minimum atomic E-state index is -0.404. The number of carbonyl (C=O) groups is 1. The molecule has 0 saturated heterocycles.